The summed E-state index contributed by atoms with van der Waals surface area (Å²) in [4.78, 5) is 21.2. The van der Waals surface area contributed by atoms with Crippen molar-refractivity contribution in [2.24, 2.45) is 0 Å². The molecular weight excluding hydrogens is 342 g/mol. The van der Waals surface area contributed by atoms with Crippen molar-refractivity contribution in [3.8, 4) is 11.5 Å². The molecule has 0 unspecified atom stereocenters. The van der Waals surface area contributed by atoms with E-state index in [4.69, 9.17) is 9.47 Å². The van der Waals surface area contributed by atoms with E-state index in [1.54, 1.807) is 14.2 Å². The number of rotatable bonds is 7. The van der Waals surface area contributed by atoms with Gasteiger partial charge in [-0.05, 0) is 36.2 Å². The first-order valence-corrected chi connectivity index (χ1v) is 9.30. The summed E-state index contributed by atoms with van der Waals surface area (Å²) in [5, 5.41) is 0. The molecule has 0 saturated carbocycles. The van der Waals surface area contributed by atoms with Crippen molar-refractivity contribution in [2.75, 3.05) is 40.4 Å². The summed E-state index contributed by atoms with van der Waals surface area (Å²) in [6, 6.07) is 11.8. The second-order valence-electron chi connectivity index (χ2n) is 6.67. The number of hydrogen-bond acceptors (Lipinski definition) is 5. The van der Waals surface area contributed by atoms with E-state index in [9.17, 15) is 4.79 Å². The Morgan fingerprint density at radius 3 is 2.48 bits per heavy atom. The second-order valence-corrected chi connectivity index (χ2v) is 6.67. The Morgan fingerprint density at radius 1 is 1.04 bits per heavy atom. The van der Waals surface area contributed by atoms with Gasteiger partial charge in [-0.25, -0.2) is 0 Å². The lowest BCUT2D eigenvalue weighted by molar-refractivity contribution is -0.133. The number of aryl methyl sites for hydroxylation is 1. The molecule has 6 heteroatoms. The fourth-order valence-electron chi connectivity index (χ4n) is 3.32. The zero-order chi connectivity index (χ0) is 19.1. The molecule has 1 aliphatic heterocycles. The SMILES string of the molecule is COc1ccc(CCC(=O)N2CCN(Cc3ccccn3)CC2)cc1OC. The molecule has 2 aromatic rings. The van der Waals surface area contributed by atoms with Gasteiger partial charge in [-0.2, -0.15) is 0 Å². The summed E-state index contributed by atoms with van der Waals surface area (Å²) in [6.07, 6.45) is 3.03. The molecule has 2 heterocycles. The van der Waals surface area contributed by atoms with Crippen LogP contribution in [0.3, 0.4) is 0 Å². The third-order valence-corrected chi connectivity index (χ3v) is 4.91. The number of methoxy groups -OCH3 is 2. The summed E-state index contributed by atoms with van der Waals surface area (Å²) in [5.41, 5.74) is 2.15. The topological polar surface area (TPSA) is 54.9 Å². The number of pyridine rings is 1. The molecule has 1 aliphatic rings. The molecule has 1 saturated heterocycles. The van der Waals surface area contributed by atoms with Crippen LogP contribution in [0.4, 0.5) is 0 Å². The maximum atomic E-state index is 12.6. The lowest BCUT2D eigenvalue weighted by Gasteiger charge is -2.34. The molecule has 0 N–H and O–H groups in total. The van der Waals surface area contributed by atoms with Crippen LogP contribution in [-0.4, -0.2) is 61.1 Å². The Morgan fingerprint density at radius 2 is 1.81 bits per heavy atom. The Bertz CT molecular complexity index is 744. The van der Waals surface area contributed by atoms with Crippen molar-refractivity contribution in [3.05, 3.63) is 53.9 Å². The molecule has 1 amide bonds. The second kappa shape index (κ2) is 9.37. The van der Waals surface area contributed by atoms with Gasteiger partial charge in [0, 0.05) is 45.3 Å². The quantitative estimate of drug-likeness (QED) is 0.750. The van der Waals surface area contributed by atoms with Crippen LogP contribution in [0.15, 0.2) is 42.6 Å². The number of carbonyl (C=O) groups excluding carboxylic acids is 1. The number of nitrogens with zero attached hydrogens (tertiary/aromatic N) is 3. The van der Waals surface area contributed by atoms with E-state index < -0.39 is 0 Å². The first-order chi connectivity index (χ1) is 13.2. The van der Waals surface area contributed by atoms with Crippen LogP contribution >= 0.6 is 0 Å². The van der Waals surface area contributed by atoms with Crippen molar-refractivity contribution >= 4 is 5.91 Å². The van der Waals surface area contributed by atoms with E-state index in [0.717, 1.165) is 44.0 Å². The van der Waals surface area contributed by atoms with Gasteiger partial charge in [0.15, 0.2) is 11.5 Å². The van der Waals surface area contributed by atoms with Gasteiger partial charge in [0.2, 0.25) is 5.91 Å². The van der Waals surface area contributed by atoms with E-state index >= 15 is 0 Å². The molecule has 27 heavy (non-hydrogen) atoms. The van der Waals surface area contributed by atoms with Gasteiger partial charge in [0.05, 0.1) is 19.9 Å². The molecule has 0 spiro atoms. The largest absolute Gasteiger partial charge is 0.493 e. The fourth-order valence-corrected chi connectivity index (χ4v) is 3.32. The average molecular weight is 369 g/mol. The smallest absolute Gasteiger partial charge is 0.222 e. The maximum Gasteiger partial charge on any atom is 0.222 e. The molecule has 0 bridgehead atoms. The van der Waals surface area contributed by atoms with Gasteiger partial charge in [0.1, 0.15) is 0 Å². The molecule has 3 rings (SSSR count). The highest BCUT2D eigenvalue weighted by molar-refractivity contribution is 5.76. The Kier molecular flexibility index (Phi) is 6.65. The minimum Gasteiger partial charge on any atom is -0.493 e. The summed E-state index contributed by atoms with van der Waals surface area (Å²) < 4.78 is 10.6. The molecule has 0 aliphatic carbocycles. The normalized spacial score (nSPS) is 14.8. The molecule has 6 nitrogen and oxygen atoms in total. The first kappa shape index (κ1) is 19.2. The third-order valence-electron chi connectivity index (χ3n) is 4.91. The van der Waals surface area contributed by atoms with Crippen LogP contribution in [0.25, 0.3) is 0 Å². The van der Waals surface area contributed by atoms with Crippen LogP contribution in [0, 0.1) is 0 Å². The van der Waals surface area contributed by atoms with Crippen molar-refractivity contribution in [1.82, 2.24) is 14.8 Å². The van der Waals surface area contributed by atoms with Crippen LogP contribution in [0.5, 0.6) is 11.5 Å². The zero-order valence-electron chi connectivity index (χ0n) is 16.1. The zero-order valence-corrected chi connectivity index (χ0v) is 16.1. The van der Waals surface area contributed by atoms with Crippen LogP contribution in [0.1, 0.15) is 17.7 Å². The molecule has 1 fully saturated rings. The maximum absolute atomic E-state index is 12.6. The van der Waals surface area contributed by atoms with Gasteiger partial charge < -0.3 is 14.4 Å². The van der Waals surface area contributed by atoms with E-state index in [-0.39, 0.29) is 5.91 Å². The van der Waals surface area contributed by atoms with Gasteiger partial charge in [-0.1, -0.05) is 12.1 Å². The number of piperazine rings is 1. The van der Waals surface area contributed by atoms with Crippen LogP contribution < -0.4 is 9.47 Å². The minimum absolute atomic E-state index is 0.210. The molecule has 1 aromatic carbocycles. The Balaban J connectivity index is 1.46. The van der Waals surface area contributed by atoms with Crippen LogP contribution in [0.2, 0.25) is 0 Å². The summed E-state index contributed by atoms with van der Waals surface area (Å²) in [6.45, 7) is 4.17. The Hall–Kier alpha value is -2.60. The van der Waals surface area contributed by atoms with Crippen molar-refractivity contribution in [1.29, 1.82) is 0 Å². The van der Waals surface area contributed by atoms with Crippen molar-refractivity contribution in [2.45, 2.75) is 19.4 Å². The van der Waals surface area contributed by atoms with Crippen LogP contribution in [-0.2, 0) is 17.8 Å². The molecular formula is C21H27N3O3. The highest BCUT2D eigenvalue weighted by Crippen LogP contribution is 2.28. The highest BCUT2D eigenvalue weighted by Gasteiger charge is 2.21. The fraction of sp³-hybridized carbons (Fsp3) is 0.429. The standard InChI is InChI=1S/C21H27N3O3/c1-26-19-8-6-17(15-20(19)27-2)7-9-21(25)24-13-11-23(12-14-24)16-18-5-3-4-10-22-18/h3-6,8,10,15H,7,9,11-14,16H2,1-2H3. The lowest BCUT2D eigenvalue weighted by Crippen LogP contribution is -2.48. The molecule has 1 aromatic heterocycles. The highest BCUT2D eigenvalue weighted by atomic mass is 16.5. The monoisotopic (exact) mass is 369 g/mol. The predicted molar refractivity (Wildman–Crippen MR) is 104 cm³/mol. The lowest BCUT2D eigenvalue weighted by atomic mass is 10.1. The van der Waals surface area contributed by atoms with Gasteiger partial charge in [0.25, 0.3) is 0 Å². The predicted octanol–water partition coefficient (Wildman–Crippen LogP) is 2.38. The van der Waals surface area contributed by atoms with E-state index in [2.05, 4.69) is 9.88 Å². The number of benzene rings is 1. The number of ether oxygens (including phenoxy) is 2. The van der Waals surface area contributed by atoms with E-state index in [1.807, 2.05) is 47.5 Å². The van der Waals surface area contributed by atoms with Gasteiger partial charge in [-0.15, -0.1) is 0 Å². The van der Waals surface area contributed by atoms with Gasteiger partial charge in [-0.3, -0.25) is 14.7 Å². The van der Waals surface area contributed by atoms with Gasteiger partial charge >= 0.3 is 0 Å². The molecule has 0 atom stereocenters. The Labute approximate surface area is 160 Å². The average Bonchev–Trinajstić information content (AvgIpc) is 2.73. The molecule has 144 valence electrons. The third kappa shape index (κ3) is 5.20. The van der Waals surface area contributed by atoms with Crippen molar-refractivity contribution in [3.63, 3.8) is 0 Å². The van der Waals surface area contributed by atoms with Crippen molar-refractivity contribution < 1.29 is 14.3 Å². The number of hydrogen-bond donors (Lipinski definition) is 0. The summed E-state index contributed by atoms with van der Waals surface area (Å²) in [7, 11) is 3.24. The number of aromatic nitrogens is 1. The molecule has 0 radical (unpaired) electrons. The first-order valence-electron chi connectivity index (χ1n) is 9.30. The van der Waals surface area contributed by atoms with E-state index in [1.165, 1.54) is 0 Å². The number of amides is 1. The summed E-state index contributed by atoms with van der Waals surface area (Å²) >= 11 is 0. The summed E-state index contributed by atoms with van der Waals surface area (Å²) in [5.74, 6) is 1.62. The van der Waals surface area contributed by atoms with E-state index in [0.29, 0.717) is 24.3 Å². The number of carbonyl (C=O) groups is 1. The minimum atomic E-state index is 0.210.